The van der Waals surface area contributed by atoms with E-state index in [4.69, 9.17) is 25.7 Å². The van der Waals surface area contributed by atoms with Gasteiger partial charge in [0.25, 0.3) is 0 Å². The van der Waals surface area contributed by atoms with E-state index in [1.165, 1.54) is 11.8 Å². The van der Waals surface area contributed by atoms with Crippen LogP contribution in [0.5, 0.6) is 0 Å². The Morgan fingerprint density at radius 3 is 2.46 bits per heavy atom. The molecule has 4 aliphatic rings. The lowest BCUT2D eigenvalue weighted by molar-refractivity contribution is 0.00450. The fourth-order valence-electron chi connectivity index (χ4n) is 7.24. The van der Waals surface area contributed by atoms with Gasteiger partial charge in [-0.25, -0.2) is 24.1 Å². The second-order valence-corrected chi connectivity index (χ2v) is 19.4. The third-order valence-electron chi connectivity index (χ3n) is 9.23. The number of rotatable bonds is 9. The first kappa shape index (κ1) is 31.2. The Morgan fingerprint density at radius 2 is 1.88 bits per heavy atom. The minimum atomic E-state index is -2.02. The number of fused-ring (bicyclic) bond motifs is 2. The molecule has 8 nitrogen and oxygen atoms in total. The highest BCUT2D eigenvalue weighted by Crippen LogP contribution is 2.67. The number of amides is 1. The van der Waals surface area contributed by atoms with E-state index in [0.717, 1.165) is 30.3 Å². The van der Waals surface area contributed by atoms with Crippen LogP contribution < -0.4 is 4.90 Å². The largest absolute Gasteiger partial charge is 0.444 e. The Bertz CT molecular complexity index is 1360. The van der Waals surface area contributed by atoms with Crippen molar-refractivity contribution in [3.05, 3.63) is 15.6 Å². The summed E-state index contributed by atoms with van der Waals surface area (Å²) in [7, 11) is -2.02. The number of piperidine rings is 2. The Hall–Kier alpha value is -1.21. The van der Waals surface area contributed by atoms with Gasteiger partial charge in [-0.3, -0.25) is 4.90 Å². The number of aromatic nitrogens is 3. The van der Waals surface area contributed by atoms with Crippen molar-refractivity contribution in [1.82, 2.24) is 19.9 Å². The van der Waals surface area contributed by atoms with Crippen LogP contribution in [-0.2, 0) is 9.16 Å². The van der Waals surface area contributed by atoms with Gasteiger partial charge in [0.15, 0.2) is 24.4 Å². The van der Waals surface area contributed by atoms with Crippen molar-refractivity contribution in [2.24, 2.45) is 5.92 Å². The summed E-state index contributed by atoms with van der Waals surface area (Å²) in [5, 5.41) is 0.728. The predicted molar refractivity (Wildman–Crippen MR) is 168 cm³/mol. The van der Waals surface area contributed by atoms with Gasteiger partial charge in [-0.15, -0.1) is 0 Å². The van der Waals surface area contributed by atoms with Crippen molar-refractivity contribution in [2.45, 2.75) is 114 Å². The maximum Gasteiger partial charge on any atom is 0.410 e. The molecule has 2 aromatic heterocycles. The topological polar surface area (TPSA) is 80.7 Å². The number of halogens is 3. The van der Waals surface area contributed by atoms with Crippen molar-refractivity contribution < 1.29 is 18.3 Å². The maximum absolute atomic E-state index is 15.5. The summed E-state index contributed by atoms with van der Waals surface area (Å²) in [4.78, 5) is 31.6. The summed E-state index contributed by atoms with van der Waals surface area (Å²) >= 11 is 11.2. The zero-order valence-corrected chi connectivity index (χ0v) is 29.2. The zero-order valence-electron chi connectivity index (χ0n) is 25.1. The van der Waals surface area contributed by atoms with Gasteiger partial charge in [-0.05, 0) is 73.9 Å². The smallest absolute Gasteiger partial charge is 0.410 e. The summed E-state index contributed by atoms with van der Waals surface area (Å²) in [5.41, 5.74) is -0.995. The van der Waals surface area contributed by atoms with E-state index in [-0.39, 0.29) is 40.9 Å². The van der Waals surface area contributed by atoms with Crippen molar-refractivity contribution >= 4 is 70.4 Å². The van der Waals surface area contributed by atoms with Crippen molar-refractivity contribution in [2.75, 3.05) is 17.2 Å². The van der Waals surface area contributed by atoms with Gasteiger partial charge < -0.3 is 14.1 Å². The molecule has 3 saturated heterocycles. The molecule has 5 heterocycles. The van der Waals surface area contributed by atoms with Gasteiger partial charge in [0.2, 0.25) is 0 Å². The van der Waals surface area contributed by atoms with E-state index in [2.05, 4.69) is 58.5 Å². The fourth-order valence-corrected chi connectivity index (χ4v) is 11.6. The summed E-state index contributed by atoms with van der Waals surface area (Å²) in [6.07, 6.45) is 0.391. The molecule has 0 aromatic carbocycles. The van der Waals surface area contributed by atoms with Gasteiger partial charge >= 0.3 is 6.09 Å². The highest BCUT2D eigenvalue weighted by molar-refractivity contribution is 9.10. The molecule has 6 rings (SSSR count). The number of hydrogen-bond donors (Lipinski definition) is 0. The lowest BCUT2D eigenvalue weighted by atomic mass is 9.92. The lowest BCUT2D eigenvalue weighted by Crippen LogP contribution is -2.66. The number of thioether (sulfide) groups is 1. The maximum atomic E-state index is 15.5. The number of carbonyl (C=O) groups is 1. The number of carbonyl (C=O) groups excluding carboxylic acids is 1. The molecule has 226 valence electrons. The van der Waals surface area contributed by atoms with Gasteiger partial charge in [-0.2, -0.15) is 0 Å². The van der Waals surface area contributed by atoms with Crippen molar-refractivity contribution in [3.8, 4) is 0 Å². The average Bonchev–Trinajstić information content (AvgIpc) is 3.46. The quantitative estimate of drug-likeness (QED) is 0.115. The highest BCUT2D eigenvalue weighted by Gasteiger charge is 2.82. The van der Waals surface area contributed by atoms with E-state index in [0.29, 0.717) is 27.5 Å². The van der Waals surface area contributed by atoms with Crippen molar-refractivity contribution in [1.29, 1.82) is 0 Å². The molecule has 4 bridgehead atoms. The van der Waals surface area contributed by atoms with Crippen LogP contribution in [0.4, 0.5) is 15.0 Å². The molecule has 1 unspecified atom stereocenters. The van der Waals surface area contributed by atoms with Crippen LogP contribution in [0.3, 0.4) is 0 Å². The molecule has 2 aromatic rings. The van der Waals surface area contributed by atoms with Crippen LogP contribution in [-0.4, -0.2) is 75.9 Å². The lowest BCUT2D eigenvalue weighted by Gasteiger charge is -2.51. The van der Waals surface area contributed by atoms with Crippen LogP contribution >= 0.6 is 39.3 Å². The Labute approximate surface area is 260 Å². The first-order valence-electron chi connectivity index (χ1n) is 14.6. The Kier molecular flexibility index (Phi) is 8.42. The van der Waals surface area contributed by atoms with Gasteiger partial charge in [0, 0.05) is 12.5 Å². The van der Waals surface area contributed by atoms with E-state index in [1.54, 1.807) is 0 Å². The summed E-state index contributed by atoms with van der Waals surface area (Å²) < 4.78 is 28.9. The number of hydrogen-bond acceptors (Lipinski definition) is 8. The van der Waals surface area contributed by atoms with E-state index in [1.807, 2.05) is 32.6 Å². The molecule has 5 atom stereocenters. The van der Waals surface area contributed by atoms with E-state index in [9.17, 15) is 4.79 Å². The van der Waals surface area contributed by atoms with Crippen LogP contribution in [0.2, 0.25) is 23.3 Å². The second kappa shape index (κ2) is 11.1. The van der Waals surface area contributed by atoms with Gasteiger partial charge in [0.1, 0.15) is 21.5 Å². The monoisotopic (exact) mass is 687 g/mol. The molecule has 13 heteroatoms. The highest BCUT2D eigenvalue weighted by atomic mass is 79.9. The van der Waals surface area contributed by atoms with Gasteiger partial charge in [-0.1, -0.05) is 51.1 Å². The number of ether oxygens (including phenoxy) is 1. The summed E-state index contributed by atoms with van der Waals surface area (Å²) in [6, 6.07) is 2.89. The third-order valence-corrected chi connectivity index (χ3v) is 15.5. The average molecular weight is 689 g/mol. The molecular weight excluding hydrogens is 649 g/mol. The normalized spacial score (nSPS) is 26.1. The number of nitrogens with zero attached hydrogens (tertiary/aromatic N) is 5. The molecule has 41 heavy (non-hydrogen) atoms. The van der Waals surface area contributed by atoms with Crippen LogP contribution in [0.15, 0.2) is 9.76 Å². The third kappa shape index (κ3) is 4.97. The molecule has 0 spiro atoms. The molecule has 3 aliphatic heterocycles. The zero-order chi connectivity index (χ0) is 30.1. The van der Waals surface area contributed by atoms with Crippen LogP contribution in [0.25, 0.3) is 10.9 Å². The molecule has 0 N–H and O–H groups in total. The van der Waals surface area contributed by atoms with Crippen LogP contribution in [0, 0.1) is 11.7 Å². The molecule has 1 amide bonds. The van der Waals surface area contributed by atoms with Crippen LogP contribution in [0.1, 0.15) is 61.8 Å². The summed E-state index contributed by atoms with van der Waals surface area (Å²) in [5.74, 6) is 0.852. The minimum Gasteiger partial charge on any atom is -0.444 e. The van der Waals surface area contributed by atoms with E-state index < -0.39 is 25.3 Å². The van der Waals surface area contributed by atoms with Gasteiger partial charge in [0.05, 0.1) is 29.1 Å². The molecule has 0 radical (unpaired) electrons. The molecule has 4 fully saturated rings. The SMILES string of the molecule is CCSc1nc(N2C[C@H]3CC4[C@H](N3C(=O)OC(C)(C)C)[C@]42[C@H](C)O[Si](CC)(CC)CC)c2c(Br)nc(Cl)c(F)c2n1. The first-order chi connectivity index (χ1) is 19.3. The Morgan fingerprint density at radius 1 is 1.22 bits per heavy atom. The Balaban J connectivity index is 1.68. The first-order valence-corrected chi connectivity index (χ1v) is 19.3. The van der Waals surface area contributed by atoms with E-state index >= 15 is 4.39 Å². The summed E-state index contributed by atoms with van der Waals surface area (Å²) in [6.45, 7) is 17.0. The molecule has 1 aliphatic carbocycles. The number of piperazine rings is 1. The predicted octanol–water partition coefficient (Wildman–Crippen LogP) is 7.67. The number of pyridine rings is 1. The second-order valence-electron chi connectivity index (χ2n) is 12.3. The fraction of sp³-hybridized carbons (Fsp3) is 0.714. The molecular formula is C28H40BrClFN5O3SSi. The molecule has 1 saturated carbocycles. The van der Waals surface area contributed by atoms with Crippen molar-refractivity contribution in [3.63, 3.8) is 0 Å². The standard InChI is InChI=1S/C28H40BrClFN5O3SSi/c1-9-40-25-32-20-18(22(29)33-23(30)19(20)31)24(34-25)35-14-16-13-17-21(36(16)26(37)38-27(6,7)8)28(17,35)15(5)39-41(10-2,11-3)12-4/h15-17,21H,9-14H2,1-8H3/t15-,16+,17?,21-,28-/m0/s1. The minimum absolute atomic E-state index is 0.0596. The number of anilines is 1.